The summed E-state index contributed by atoms with van der Waals surface area (Å²) in [5.74, 6) is 0.000883. The molecule has 0 unspecified atom stereocenters. The van der Waals surface area contributed by atoms with Crippen molar-refractivity contribution < 1.29 is 28.3 Å². The second-order valence-electron chi connectivity index (χ2n) is 9.41. The number of anilines is 1. The van der Waals surface area contributed by atoms with Crippen molar-refractivity contribution in [1.29, 1.82) is 0 Å². The van der Waals surface area contributed by atoms with Gasteiger partial charge in [0.25, 0.3) is 5.91 Å². The molecule has 0 radical (unpaired) electrons. The van der Waals surface area contributed by atoms with Gasteiger partial charge >= 0.3 is 0 Å². The Morgan fingerprint density at radius 2 is 2.17 bits per heavy atom. The number of hydrogen-bond donors (Lipinski definition) is 2. The highest BCUT2D eigenvalue weighted by Crippen LogP contribution is 2.43. The Labute approximate surface area is 205 Å². The second-order valence-corrected chi connectivity index (χ2v) is 9.41. The van der Waals surface area contributed by atoms with Crippen molar-refractivity contribution in [3.8, 4) is 11.4 Å². The molecule has 2 N–H and O–H groups in total. The SMILES string of the molecule is Cc1ccc(-c2noc([C@H]3C[C@@H]3F)n2)cc1NC(=O)c1cnc2cc(COCC3(O)COC3)ccn12. The normalized spacial score (nSPS) is 20.3. The van der Waals surface area contributed by atoms with Gasteiger partial charge in [-0.1, -0.05) is 17.3 Å². The van der Waals surface area contributed by atoms with Gasteiger partial charge < -0.3 is 24.4 Å². The molecule has 0 bridgehead atoms. The van der Waals surface area contributed by atoms with Gasteiger partial charge in [0.1, 0.15) is 23.1 Å². The average molecular weight is 493 g/mol. The van der Waals surface area contributed by atoms with Crippen LogP contribution in [-0.4, -0.2) is 62.1 Å². The number of imidazole rings is 1. The summed E-state index contributed by atoms with van der Waals surface area (Å²) in [6.45, 7) is 2.95. The summed E-state index contributed by atoms with van der Waals surface area (Å²) < 4.78 is 30.8. The number of amides is 1. The van der Waals surface area contributed by atoms with Crippen LogP contribution in [0.25, 0.3) is 17.0 Å². The van der Waals surface area contributed by atoms with E-state index < -0.39 is 11.8 Å². The van der Waals surface area contributed by atoms with E-state index in [1.54, 1.807) is 16.7 Å². The number of carbonyl (C=O) groups is 1. The number of benzene rings is 1. The first-order valence-electron chi connectivity index (χ1n) is 11.6. The fourth-order valence-corrected chi connectivity index (χ4v) is 4.07. The molecule has 1 amide bonds. The van der Waals surface area contributed by atoms with Crippen LogP contribution in [0, 0.1) is 6.92 Å². The molecule has 1 aliphatic heterocycles. The van der Waals surface area contributed by atoms with E-state index in [1.165, 1.54) is 6.20 Å². The third-order valence-corrected chi connectivity index (χ3v) is 6.41. The van der Waals surface area contributed by atoms with Crippen LogP contribution in [0.3, 0.4) is 0 Å². The van der Waals surface area contributed by atoms with Crippen LogP contribution in [0.2, 0.25) is 0 Å². The zero-order valence-corrected chi connectivity index (χ0v) is 19.5. The Morgan fingerprint density at radius 1 is 1.33 bits per heavy atom. The number of hydrogen-bond acceptors (Lipinski definition) is 8. The van der Waals surface area contributed by atoms with Gasteiger partial charge in [-0.25, -0.2) is 9.37 Å². The number of aromatic nitrogens is 4. The summed E-state index contributed by atoms with van der Waals surface area (Å²) in [7, 11) is 0. The summed E-state index contributed by atoms with van der Waals surface area (Å²) in [4.78, 5) is 21.8. The maximum absolute atomic E-state index is 13.3. The standard InChI is InChI=1S/C25H24FN5O5/c1-14-2-3-16(22-29-24(36-30-22)17-8-18(17)26)7-19(14)28-23(32)20-9-27-21-6-15(4-5-31(20)21)10-34-11-25(33)12-35-13-25/h2-7,9,17-18,33H,8,10-13H2,1H3,(H,28,32)/t17-,18-/m0/s1. The zero-order chi connectivity index (χ0) is 24.9. The molecule has 1 saturated carbocycles. The van der Waals surface area contributed by atoms with E-state index in [0.717, 1.165) is 11.1 Å². The predicted molar refractivity (Wildman–Crippen MR) is 125 cm³/mol. The fraction of sp³-hybridized carbons (Fsp3) is 0.360. The number of nitrogens with zero attached hydrogens (tertiary/aromatic N) is 4. The quantitative estimate of drug-likeness (QED) is 0.384. The smallest absolute Gasteiger partial charge is 0.274 e. The van der Waals surface area contributed by atoms with Crippen LogP contribution >= 0.6 is 0 Å². The van der Waals surface area contributed by atoms with Crippen LogP contribution in [-0.2, 0) is 16.1 Å². The maximum atomic E-state index is 13.3. The Hall–Kier alpha value is -3.67. The Balaban J connectivity index is 1.16. The van der Waals surface area contributed by atoms with Gasteiger partial charge in [0.2, 0.25) is 11.7 Å². The molecule has 36 heavy (non-hydrogen) atoms. The number of rotatable bonds is 8. The van der Waals surface area contributed by atoms with Crippen LogP contribution in [0.15, 0.2) is 47.2 Å². The number of pyridine rings is 1. The van der Waals surface area contributed by atoms with Crippen molar-refractivity contribution in [1.82, 2.24) is 19.5 Å². The summed E-state index contributed by atoms with van der Waals surface area (Å²) in [6.07, 6.45) is 2.76. The molecule has 3 aromatic heterocycles. The van der Waals surface area contributed by atoms with Crippen LogP contribution in [0.5, 0.6) is 0 Å². The lowest BCUT2D eigenvalue weighted by Gasteiger charge is -2.35. The summed E-state index contributed by atoms with van der Waals surface area (Å²) in [5, 5.41) is 16.9. The fourth-order valence-electron chi connectivity index (χ4n) is 4.07. The monoisotopic (exact) mass is 493 g/mol. The Morgan fingerprint density at radius 3 is 2.92 bits per heavy atom. The average Bonchev–Trinajstić information content (AvgIpc) is 3.23. The summed E-state index contributed by atoms with van der Waals surface area (Å²) >= 11 is 0. The molecule has 1 aliphatic carbocycles. The largest absolute Gasteiger partial charge is 0.383 e. The number of carbonyl (C=O) groups excluding carboxylic acids is 1. The third kappa shape index (κ3) is 4.36. The molecular formula is C25H24FN5O5. The lowest BCUT2D eigenvalue weighted by Crippen LogP contribution is -2.53. The number of nitrogens with one attached hydrogen (secondary N) is 1. The lowest BCUT2D eigenvalue weighted by atomic mass is 10.0. The van der Waals surface area contributed by atoms with E-state index in [0.29, 0.717) is 47.3 Å². The van der Waals surface area contributed by atoms with Crippen molar-refractivity contribution in [3.05, 3.63) is 65.4 Å². The lowest BCUT2D eigenvalue weighted by molar-refractivity contribution is -0.206. The molecule has 6 rings (SSSR count). The molecule has 186 valence electrons. The van der Waals surface area contributed by atoms with Crippen LogP contribution < -0.4 is 5.32 Å². The molecule has 1 saturated heterocycles. The van der Waals surface area contributed by atoms with Crippen molar-refractivity contribution in [2.24, 2.45) is 0 Å². The Bertz CT molecular complexity index is 1450. The first-order chi connectivity index (χ1) is 17.4. The predicted octanol–water partition coefficient (Wildman–Crippen LogP) is 3.05. The number of fused-ring (bicyclic) bond motifs is 1. The van der Waals surface area contributed by atoms with E-state index in [2.05, 4.69) is 20.4 Å². The molecule has 4 aromatic rings. The number of ether oxygens (including phenoxy) is 2. The molecular weight excluding hydrogens is 469 g/mol. The molecule has 0 spiro atoms. The molecule has 2 aliphatic rings. The van der Waals surface area contributed by atoms with Crippen molar-refractivity contribution in [2.75, 3.05) is 25.1 Å². The van der Waals surface area contributed by atoms with Gasteiger partial charge in [-0.3, -0.25) is 9.20 Å². The third-order valence-electron chi connectivity index (χ3n) is 6.41. The molecule has 4 heterocycles. The highest BCUT2D eigenvalue weighted by atomic mass is 19.1. The van der Waals surface area contributed by atoms with Gasteiger partial charge in [-0.05, 0) is 42.7 Å². The van der Waals surface area contributed by atoms with Gasteiger partial charge in [0.15, 0.2) is 0 Å². The van der Waals surface area contributed by atoms with E-state index in [-0.39, 0.29) is 31.6 Å². The van der Waals surface area contributed by atoms with E-state index in [4.69, 9.17) is 14.0 Å². The molecule has 1 aromatic carbocycles. The van der Waals surface area contributed by atoms with Crippen LogP contribution in [0.4, 0.5) is 10.1 Å². The number of alkyl halides is 1. The van der Waals surface area contributed by atoms with Crippen molar-refractivity contribution in [2.45, 2.75) is 37.6 Å². The first kappa shape index (κ1) is 22.8. The van der Waals surface area contributed by atoms with E-state index >= 15 is 0 Å². The molecule has 2 fully saturated rings. The number of halogens is 1. The van der Waals surface area contributed by atoms with Gasteiger partial charge in [0.05, 0.1) is 38.5 Å². The van der Waals surface area contributed by atoms with E-state index in [1.807, 2.05) is 31.2 Å². The second kappa shape index (κ2) is 8.77. The minimum absolute atomic E-state index is 0.195. The minimum Gasteiger partial charge on any atom is -0.383 e. The topological polar surface area (TPSA) is 124 Å². The van der Waals surface area contributed by atoms with Gasteiger partial charge in [0, 0.05) is 17.4 Å². The highest BCUT2D eigenvalue weighted by molar-refractivity contribution is 6.04. The highest BCUT2D eigenvalue weighted by Gasteiger charge is 2.43. The van der Waals surface area contributed by atoms with Gasteiger partial charge in [-0.2, -0.15) is 4.98 Å². The van der Waals surface area contributed by atoms with Crippen molar-refractivity contribution >= 4 is 17.2 Å². The van der Waals surface area contributed by atoms with E-state index in [9.17, 15) is 14.3 Å². The first-order valence-corrected chi connectivity index (χ1v) is 11.6. The van der Waals surface area contributed by atoms with Crippen LogP contribution in [0.1, 0.15) is 39.8 Å². The Kier molecular flexibility index (Phi) is 5.55. The summed E-state index contributed by atoms with van der Waals surface area (Å²) in [6, 6.07) is 9.12. The summed E-state index contributed by atoms with van der Waals surface area (Å²) in [5.41, 5.74) is 3.04. The molecule has 2 atom stereocenters. The molecule has 10 nitrogen and oxygen atoms in total. The number of aliphatic hydroxyl groups is 1. The minimum atomic E-state index is -0.921. The maximum Gasteiger partial charge on any atom is 0.274 e. The number of aryl methyl sites for hydroxylation is 1. The molecule has 11 heteroatoms. The van der Waals surface area contributed by atoms with Gasteiger partial charge in [-0.15, -0.1) is 0 Å². The van der Waals surface area contributed by atoms with Crippen molar-refractivity contribution in [3.63, 3.8) is 0 Å². The zero-order valence-electron chi connectivity index (χ0n) is 19.5.